The van der Waals surface area contributed by atoms with Crippen LogP contribution in [0.2, 0.25) is 0 Å². The summed E-state index contributed by atoms with van der Waals surface area (Å²) in [4.78, 5) is 0. The third kappa shape index (κ3) is 1.52. The molecule has 0 saturated carbocycles. The van der Waals surface area contributed by atoms with Gasteiger partial charge in [-0.15, -0.1) is 11.3 Å². The van der Waals surface area contributed by atoms with Crippen molar-refractivity contribution in [3.63, 3.8) is 0 Å². The highest BCUT2D eigenvalue weighted by Gasteiger charge is 2.18. The molecule has 0 aliphatic rings. The van der Waals surface area contributed by atoms with Crippen molar-refractivity contribution >= 4 is 61.6 Å². The van der Waals surface area contributed by atoms with Crippen molar-refractivity contribution in [1.82, 2.24) is 0 Å². The molecule has 3 nitrogen and oxygen atoms in total. The van der Waals surface area contributed by atoms with Gasteiger partial charge in [-0.3, -0.25) is 0 Å². The molecule has 0 aliphatic carbocycles. The van der Waals surface area contributed by atoms with Crippen LogP contribution in [-0.4, -0.2) is 17.2 Å². The molecule has 2 aromatic rings. The molecule has 0 fully saturated rings. The Kier molecular flexibility index (Phi) is 2.69. The molecule has 1 aromatic heterocycles. The summed E-state index contributed by atoms with van der Waals surface area (Å²) in [6.45, 7) is 0. The van der Waals surface area contributed by atoms with Crippen LogP contribution < -0.4 is 11.2 Å². The fourth-order valence-corrected chi connectivity index (χ4v) is 3.29. The van der Waals surface area contributed by atoms with Crippen molar-refractivity contribution in [3.05, 3.63) is 21.8 Å². The van der Waals surface area contributed by atoms with Crippen LogP contribution in [0.25, 0.3) is 10.1 Å². The van der Waals surface area contributed by atoms with E-state index in [-0.39, 0.29) is 0 Å². The smallest absolute Gasteiger partial charge is 0.423 e. The Morgan fingerprint density at radius 2 is 2.07 bits per heavy atom. The lowest BCUT2D eigenvalue weighted by Gasteiger charge is -1.99. The Balaban J connectivity index is 2.81. The van der Waals surface area contributed by atoms with Gasteiger partial charge in [0.15, 0.2) is 0 Å². The van der Waals surface area contributed by atoms with E-state index in [1.54, 1.807) is 12.1 Å². The molecule has 1 heterocycles. The molecule has 0 unspecified atom stereocenters. The number of thiophene rings is 1. The van der Waals surface area contributed by atoms with E-state index < -0.39 is 7.12 Å². The van der Waals surface area contributed by atoms with Crippen molar-refractivity contribution in [1.29, 1.82) is 0 Å². The van der Waals surface area contributed by atoms with Crippen LogP contribution in [0.4, 0.5) is 5.00 Å². The number of benzene rings is 1. The van der Waals surface area contributed by atoms with E-state index >= 15 is 0 Å². The third-order valence-corrected chi connectivity index (χ3v) is 4.60. The zero-order chi connectivity index (χ0) is 10.3. The quantitative estimate of drug-likeness (QED) is 0.537. The maximum atomic E-state index is 9.14. The summed E-state index contributed by atoms with van der Waals surface area (Å²) >= 11 is 3.54. The Morgan fingerprint density at radius 1 is 1.36 bits per heavy atom. The SMILES string of the molecule is Nc1sc2c(B(O)O)cccc2c1I. The Labute approximate surface area is 98.8 Å². The van der Waals surface area contributed by atoms with Crippen molar-refractivity contribution in [2.24, 2.45) is 0 Å². The zero-order valence-electron chi connectivity index (χ0n) is 7.07. The number of hydrogen-bond acceptors (Lipinski definition) is 4. The summed E-state index contributed by atoms with van der Waals surface area (Å²) in [6.07, 6.45) is 0. The van der Waals surface area contributed by atoms with Gasteiger partial charge in [0.2, 0.25) is 0 Å². The predicted molar refractivity (Wildman–Crippen MR) is 68.8 cm³/mol. The van der Waals surface area contributed by atoms with Gasteiger partial charge in [-0.25, -0.2) is 0 Å². The predicted octanol–water partition coefficient (Wildman–Crippen LogP) is 0.768. The zero-order valence-corrected chi connectivity index (χ0v) is 10.0. The molecule has 0 saturated heterocycles. The lowest BCUT2D eigenvalue weighted by molar-refractivity contribution is 0.426. The normalized spacial score (nSPS) is 10.8. The fourth-order valence-electron chi connectivity index (χ4n) is 1.33. The van der Waals surface area contributed by atoms with Gasteiger partial charge in [-0.05, 0) is 28.1 Å². The highest BCUT2D eigenvalue weighted by molar-refractivity contribution is 14.1. The molecule has 0 bridgehead atoms. The molecule has 14 heavy (non-hydrogen) atoms. The Bertz CT molecular complexity index is 485. The fraction of sp³-hybridized carbons (Fsp3) is 0. The summed E-state index contributed by atoms with van der Waals surface area (Å²) in [5.41, 5.74) is 6.29. The van der Waals surface area contributed by atoms with Crippen molar-refractivity contribution in [3.8, 4) is 0 Å². The molecular weight excluding hydrogens is 312 g/mol. The van der Waals surface area contributed by atoms with Gasteiger partial charge >= 0.3 is 7.12 Å². The van der Waals surface area contributed by atoms with Gasteiger partial charge in [-0.1, -0.05) is 18.2 Å². The number of rotatable bonds is 1. The van der Waals surface area contributed by atoms with Crippen LogP contribution in [0.3, 0.4) is 0 Å². The van der Waals surface area contributed by atoms with Crippen molar-refractivity contribution in [2.75, 3.05) is 5.73 Å². The average molecular weight is 319 g/mol. The summed E-state index contributed by atoms with van der Waals surface area (Å²) < 4.78 is 1.83. The van der Waals surface area contributed by atoms with Crippen LogP contribution >= 0.6 is 33.9 Å². The largest absolute Gasteiger partial charge is 0.489 e. The number of fused-ring (bicyclic) bond motifs is 1. The standard InChI is InChI=1S/C8H7BINO2S/c10-6-4-2-1-3-5(9(12)13)7(4)14-8(6)11/h1-3,12-13H,11H2. The lowest BCUT2D eigenvalue weighted by atomic mass is 9.80. The van der Waals surface area contributed by atoms with Crippen LogP contribution in [0, 0.1) is 3.57 Å². The Hall–Kier alpha value is -0.305. The monoisotopic (exact) mass is 319 g/mol. The number of hydrogen-bond donors (Lipinski definition) is 3. The highest BCUT2D eigenvalue weighted by Crippen LogP contribution is 2.33. The number of anilines is 1. The van der Waals surface area contributed by atoms with Crippen molar-refractivity contribution in [2.45, 2.75) is 0 Å². The van der Waals surface area contributed by atoms with E-state index in [1.807, 2.05) is 6.07 Å². The summed E-state index contributed by atoms with van der Waals surface area (Å²) in [6, 6.07) is 5.42. The molecule has 0 atom stereocenters. The number of halogens is 1. The highest BCUT2D eigenvalue weighted by atomic mass is 127. The van der Waals surface area contributed by atoms with Crippen LogP contribution in [0.1, 0.15) is 0 Å². The van der Waals surface area contributed by atoms with E-state index in [1.165, 1.54) is 11.3 Å². The van der Waals surface area contributed by atoms with Gasteiger partial charge in [0.1, 0.15) is 5.00 Å². The molecule has 6 heteroatoms. The molecule has 1 aromatic carbocycles. The third-order valence-electron chi connectivity index (χ3n) is 1.99. The van der Waals surface area contributed by atoms with Crippen LogP contribution in [0.15, 0.2) is 18.2 Å². The minimum atomic E-state index is -1.44. The summed E-state index contributed by atoms with van der Waals surface area (Å²) in [5, 5.41) is 20.0. The van der Waals surface area contributed by atoms with E-state index in [4.69, 9.17) is 15.8 Å². The molecular formula is C8H7BINO2S. The average Bonchev–Trinajstić information content (AvgIpc) is 2.43. The summed E-state index contributed by atoms with van der Waals surface area (Å²) in [7, 11) is -1.44. The second-order valence-electron chi connectivity index (χ2n) is 2.88. The van der Waals surface area contributed by atoms with Gasteiger partial charge in [0.05, 0.1) is 3.57 Å². The first-order chi connectivity index (χ1) is 6.61. The van der Waals surface area contributed by atoms with Crippen molar-refractivity contribution < 1.29 is 10.0 Å². The maximum absolute atomic E-state index is 9.14. The minimum Gasteiger partial charge on any atom is -0.423 e. The van der Waals surface area contributed by atoms with E-state index in [0.717, 1.165) is 13.7 Å². The molecule has 4 N–H and O–H groups in total. The minimum absolute atomic E-state index is 0.516. The Morgan fingerprint density at radius 3 is 2.71 bits per heavy atom. The van der Waals surface area contributed by atoms with E-state index in [0.29, 0.717) is 10.5 Å². The summed E-state index contributed by atoms with van der Waals surface area (Å²) in [5.74, 6) is 0. The molecule has 72 valence electrons. The first kappa shape index (κ1) is 10.2. The molecule has 0 radical (unpaired) electrons. The van der Waals surface area contributed by atoms with Gasteiger partial charge < -0.3 is 15.8 Å². The first-order valence-corrected chi connectivity index (χ1v) is 5.83. The first-order valence-electron chi connectivity index (χ1n) is 3.93. The van der Waals surface area contributed by atoms with Crippen LogP contribution in [-0.2, 0) is 0 Å². The van der Waals surface area contributed by atoms with E-state index in [2.05, 4.69) is 22.6 Å². The van der Waals surface area contributed by atoms with E-state index in [9.17, 15) is 0 Å². The molecule has 2 rings (SSSR count). The topological polar surface area (TPSA) is 66.5 Å². The second kappa shape index (κ2) is 3.69. The van der Waals surface area contributed by atoms with Crippen LogP contribution in [0.5, 0.6) is 0 Å². The number of nitrogen functional groups attached to an aromatic ring is 1. The lowest BCUT2D eigenvalue weighted by Crippen LogP contribution is -2.29. The number of nitrogens with two attached hydrogens (primary N) is 1. The van der Waals surface area contributed by atoms with Gasteiger partial charge in [-0.2, -0.15) is 0 Å². The maximum Gasteiger partial charge on any atom is 0.489 e. The molecule has 0 amide bonds. The molecule has 0 aliphatic heterocycles. The molecule has 0 spiro atoms. The van der Waals surface area contributed by atoms with Gasteiger partial charge in [0, 0.05) is 10.1 Å². The van der Waals surface area contributed by atoms with Gasteiger partial charge in [0.25, 0.3) is 0 Å². The second-order valence-corrected chi connectivity index (χ2v) is 5.01.